The van der Waals surface area contributed by atoms with E-state index in [0.29, 0.717) is 23.4 Å². The van der Waals surface area contributed by atoms with Gasteiger partial charge in [0.25, 0.3) is 0 Å². The maximum absolute atomic E-state index is 12.2. The normalized spacial score (nSPS) is 16.0. The van der Waals surface area contributed by atoms with Gasteiger partial charge < -0.3 is 0 Å². The molecule has 0 N–H and O–H groups in total. The number of carbonyl (C=O) groups excluding carboxylic acids is 2. The van der Waals surface area contributed by atoms with Gasteiger partial charge in [-0.05, 0) is 13.3 Å². The van der Waals surface area contributed by atoms with Gasteiger partial charge >= 0.3 is 0 Å². The SMILES string of the molecule is CCCCCN=C(C)C1C(=O)c2ccccc2C1=O. The summed E-state index contributed by atoms with van der Waals surface area (Å²) in [4.78, 5) is 28.9. The molecule has 0 atom stereocenters. The Morgan fingerprint density at radius 1 is 1.11 bits per heavy atom. The van der Waals surface area contributed by atoms with E-state index in [-0.39, 0.29) is 11.6 Å². The van der Waals surface area contributed by atoms with E-state index in [9.17, 15) is 9.59 Å². The molecule has 0 amide bonds. The summed E-state index contributed by atoms with van der Waals surface area (Å²) in [7, 11) is 0. The Bertz CT molecular complexity index is 496. The predicted molar refractivity (Wildman–Crippen MR) is 76.1 cm³/mol. The van der Waals surface area contributed by atoms with E-state index in [1.54, 1.807) is 31.2 Å². The molecule has 3 heteroatoms. The van der Waals surface area contributed by atoms with Crippen molar-refractivity contribution in [2.75, 3.05) is 6.54 Å². The van der Waals surface area contributed by atoms with Gasteiger partial charge in [0, 0.05) is 23.4 Å². The van der Waals surface area contributed by atoms with Crippen LogP contribution in [0.4, 0.5) is 0 Å². The molecule has 0 saturated heterocycles. The summed E-state index contributed by atoms with van der Waals surface area (Å²) in [5.74, 6) is -0.881. The van der Waals surface area contributed by atoms with Gasteiger partial charge in [-0.3, -0.25) is 14.6 Å². The zero-order chi connectivity index (χ0) is 13.8. The highest BCUT2D eigenvalue weighted by Gasteiger charge is 2.39. The van der Waals surface area contributed by atoms with Crippen LogP contribution in [-0.4, -0.2) is 23.8 Å². The number of nitrogens with zero attached hydrogens (tertiary/aromatic N) is 1. The minimum Gasteiger partial charge on any atom is -0.293 e. The van der Waals surface area contributed by atoms with Crippen LogP contribution in [0.25, 0.3) is 0 Å². The summed E-state index contributed by atoms with van der Waals surface area (Å²) in [5, 5.41) is 0. The Morgan fingerprint density at radius 2 is 1.68 bits per heavy atom. The fourth-order valence-electron chi connectivity index (χ4n) is 2.43. The standard InChI is InChI=1S/C16H19NO2/c1-3-4-7-10-17-11(2)14-15(18)12-8-5-6-9-13(12)16(14)19/h5-6,8-9,14H,3-4,7,10H2,1-2H3. The van der Waals surface area contributed by atoms with Crippen LogP contribution in [0.5, 0.6) is 0 Å². The predicted octanol–water partition coefficient (Wildman–Crippen LogP) is 3.33. The van der Waals surface area contributed by atoms with Gasteiger partial charge in [0.2, 0.25) is 0 Å². The average molecular weight is 257 g/mol. The lowest BCUT2D eigenvalue weighted by Crippen LogP contribution is -2.23. The van der Waals surface area contributed by atoms with Gasteiger partial charge in [0.05, 0.1) is 0 Å². The zero-order valence-electron chi connectivity index (χ0n) is 11.5. The third-order valence-corrected chi connectivity index (χ3v) is 3.52. The quantitative estimate of drug-likeness (QED) is 0.461. The monoisotopic (exact) mass is 257 g/mol. The van der Waals surface area contributed by atoms with E-state index in [4.69, 9.17) is 0 Å². The summed E-state index contributed by atoms with van der Waals surface area (Å²) in [6.45, 7) is 4.63. The number of carbonyl (C=O) groups is 2. The minimum absolute atomic E-state index is 0.0997. The number of ketones is 2. The van der Waals surface area contributed by atoms with E-state index >= 15 is 0 Å². The lowest BCUT2D eigenvalue weighted by Gasteiger charge is -2.06. The number of benzene rings is 1. The second-order valence-electron chi connectivity index (χ2n) is 4.94. The van der Waals surface area contributed by atoms with Gasteiger partial charge in [-0.25, -0.2) is 0 Å². The molecule has 0 fully saturated rings. The number of aliphatic imine (C=N–C) groups is 1. The molecule has 0 aliphatic heterocycles. The minimum atomic E-state index is -0.681. The fraction of sp³-hybridized carbons (Fsp3) is 0.438. The number of rotatable bonds is 5. The number of hydrogen-bond donors (Lipinski definition) is 0. The third kappa shape index (κ3) is 2.65. The van der Waals surface area contributed by atoms with Crippen LogP contribution in [-0.2, 0) is 0 Å². The van der Waals surface area contributed by atoms with Crippen LogP contribution in [0, 0.1) is 5.92 Å². The Kier molecular flexibility index (Phi) is 4.25. The van der Waals surface area contributed by atoms with Crippen molar-refractivity contribution in [2.45, 2.75) is 33.1 Å². The molecule has 1 aliphatic rings. The average Bonchev–Trinajstić information content (AvgIpc) is 2.68. The summed E-state index contributed by atoms with van der Waals surface area (Å²) in [6, 6.07) is 7.03. The van der Waals surface area contributed by atoms with Crippen LogP contribution in [0.3, 0.4) is 0 Å². The second-order valence-corrected chi connectivity index (χ2v) is 4.94. The molecule has 2 rings (SSSR count). The summed E-state index contributed by atoms with van der Waals surface area (Å²) in [5.41, 5.74) is 1.74. The molecule has 1 aliphatic carbocycles. The van der Waals surface area contributed by atoms with Crippen LogP contribution in [0.2, 0.25) is 0 Å². The largest absolute Gasteiger partial charge is 0.293 e. The van der Waals surface area contributed by atoms with Crippen molar-refractivity contribution in [2.24, 2.45) is 10.9 Å². The molecule has 0 heterocycles. The molecule has 0 radical (unpaired) electrons. The van der Waals surface area contributed by atoms with Gasteiger partial charge in [-0.1, -0.05) is 44.0 Å². The van der Waals surface area contributed by atoms with Crippen molar-refractivity contribution < 1.29 is 9.59 Å². The Balaban J connectivity index is 2.15. The fourth-order valence-corrected chi connectivity index (χ4v) is 2.43. The van der Waals surface area contributed by atoms with Crippen LogP contribution in [0.1, 0.15) is 53.8 Å². The molecule has 3 nitrogen and oxygen atoms in total. The first-order valence-corrected chi connectivity index (χ1v) is 6.85. The molecule has 0 unspecified atom stereocenters. The number of unbranched alkanes of at least 4 members (excludes halogenated alkanes) is 2. The van der Waals surface area contributed by atoms with Crippen molar-refractivity contribution in [1.82, 2.24) is 0 Å². The number of hydrogen-bond acceptors (Lipinski definition) is 3. The first kappa shape index (κ1) is 13.7. The maximum atomic E-state index is 12.2. The Morgan fingerprint density at radius 3 is 2.21 bits per heavy atom. The zero-order valence-corrected chi connectivity index (χ0v) is 11.5. The van der Waals surface area contributed by atoms with Gasteiger partial charge in [0.15, 0.2) is 11.6 Å². The molecule has 1 aromatic rings. The van der Waals surface area contributed by atoms with Crippen molar-refractivity contribution in [3.8, 4) is 0 Å². The highest BCUT2D eigenvalue weighted by Crippen LogP contribution is 2.27. The summed E-state index contributed by atoms with van der Waals surface area (Å²) in [6.07, 6.45) is 3.28. The van der Waals surface area contributed by atoms with E-state index in [2.05, 4.69) is 11.9 Å². The van der Waals surface area contributed by atoms with E-state index < -0.39 is 5.92 Å². The highest BCUT2D eigenvalue weighted by atomic mass is 16.2. The van der Waals surface area contributed by atoms with Crippen LogP contribution in [0.15, 0.2) is 29.3 Å². The lowest BCUT2D eigenvalue weighted by molar-refractivity contribution is 0.0883. The van der Waals surface area contributed by atoms with E-state index in [1.165, 1.54) is 0 Å². The maximum Gasteiger partial charge on any atom is 0.180 e. The van der Waals surface area contributed by atoms with E-state index in [0.717, 1.165) is 19.3 Å². The van der Waals surface area contributed by atoms with Gasteiger partial charge in [-0.2, -0.15) is 0 Å². The lowest BCUT2D eigenvalue weighted by atomic mass is 9.99. The Hall–Kier alpha value is -1.77. The van der Waals surface area contributed by atoms with Crippen molar-refractivity contribution in [1.29, 1.82) is 0 Å². The van der Waals surface area contributed by atoms with E-state index in [1.807, 2.05) is 0 Å². The molecule has 100 valence electrons. The highest BCUT2D eigenvalue weighted by molar-refractivity contribution is 6.36. The third-order valence-electron chi connectivity index (χ3n) is 3.52. The molecular formula is C16H19NO2. The van der Waals surface area contributed by atoms with Crippen LogP contribution < -0.4 is 0 Å². The number of Topliss-reactive ketones (excluding diaryl/α,β-unsaturated/α-hetero) is 2. The van der Waals surface area contributed by atoms with Gasteiger partial charge in [0.1, 0.15) is 5.92 Å². The van der Waals surface area contributed by atoms with Crippen molar-refractivity contribution >= 4 is 17.3 Å². The van der Waals surface area contributed by atoms with Crippen molar-refractivity contribution in [3.63, 3.8) is 0 Å². The van der Waals surface area contributed by atoms with Crippen molar-refractivity contribution in [3.05, 3.63) is 35.4 Å². The molecule has 0 spiro atoms. The smallest absolute Gasteiger partial charge is 0.180 e. The number of fused-ring (bicyclic) bond motifs is 1. The molecule has 1 aromatic carbocycles. The van der Waals surface area contributed by atoms with Crippen LogP contribution >= 0.6 is 0 Å². The molecule has 0 saturated carbocycles. The second kappa shape index (κ2) is 5.91. The summed E-state index contributed by atoms with van der Waals surface area (Å²) >= 11 is 0. The Labute approximate surface area is 113 Å². The topological polar surface area (TPSA) is 46.5 Å². The summed E-state index contributed by atoms with van der Waals surface area (Å²) < 4.78 is 0. The first-order valence-electron chi connectivity index (χ1n) is 6.85. The van der Waals surface area contributed by atoms with Gasteiger partial charge in [-0.15, -0.1) is 0 Å². The molecule has 0 aromatic heterocycles. The molecule has 19 heavy (non-hydrogen) atoms. The molecular weight excluding hydrogens is 238 g/mol. The molecule has 0 bridgehead atoms. The first-order chi connectivity index (χ1) is 9.16.